The van der Waals surface area contributed by atoms with Crippen molar-refractivity contribution in [1.82, 2.24) is 9.97 Å². The van der Waals surface area contributed by atoms with Crippen molar-refractivity contribution in [3.8, 4) is 5.75 Å². The number of hydrogen-bond acceptors (Lipinski definition) is 3. The maximum atomic E-state index is 5.44. The molecule has 2 aromatic heterocycles. The SMILES string of the molecule is CCOc1ccnc2cc(Br)cnc12. The van der Waals surface area contributed by atoms with Crippen LogP contribution in [0.3, 0.4) is 0 Å². The smallest absolute Gasteiger partial charge is 0.148 e. The summed E-state index contributed by atoms with van der Waals surface area (Å²) >= 11 is 3.35. The van der Waals surface area contributed by atoms with Crippen molar-refractivity contribution < 1.29 is 4.74 Å². The fourth-order valence-corrected chi connectivity index (χ4v) is 1.57. The molecule has 72 valence electrons. The molecule has 2 aromatic rings. The number of nitrogens with zero attached hydrogens (tertiary/aromatic N) is 2. The van der Waals surface area contributed by atoms with Crippen molar-refractivity contribution in [2.45, 2.75) is 6.92 Å². The molecule has 0 radical (unpaired) electrons. The molecular formula is C10H9BrN2O. The van der Waals surface area contributed by atoms with Gasteiger partial charge in [-0.2, -0.15) is 0 Å². The van der Waals surface area contributed by atoms with Crippen LogP contribution in [-0.2, 0) is 0 Å². The van der Waals surface area contributed by atoms with Crippen LogP contribution < -0.4 is 4.74 Å². The van der Waals surface area contributed by atoms with Crippen LogP contribution >= 0.6 is 15.9 Å². The summed E-state index contributed by atoms with van der Waals surface area (Å²) in [6.07, 6.45) is 3.47. The first-order chi connectivity index (χ1) is 6.81. The van der Waals surface area contributed by atoms with Crippen LogP contribution in [-0.4, -0.2) is 16.6 Å². The Hall–Kier alpha value is -1.16. The second-order valence-electron chi connectivity index (χ2n) is 2.76. The minimum absolute atomic E-state index is 0.636. The van der Waals surface area contributed by atoms with Crippen LogP contribution in [0.4, 0.5) is 0 Å². The maximum Gasteiger partial charge on any atom is 0.148 e. The lowest BCUT2D eigenvalue weighted by Gasteiger charge is -2.05. The Labute approximate surface area is 90.3 Å². The van der Waals surface area contributed by atoms with Crippen LogP contribution in [0.2, 0.25) is 0 Å². The molecule has 0 unspecified atom stereocenters. The monoisotopic (exact) mass is 252 g/mol. The van der Waals surface area contributed by atoms with E-state index in [0.717, 1.165) is 21.3 Å². The molecule has 4 heteroatoms. The number of halogens is 1. The molecule has 0 aromatic carbocycles. The van der Waals surface area contributed by atoms with Gasteiger partial charge >= 0.3 is 0 Å². The zero-order valence-electron chi connectivity index (χ0n) is 7.70. The highest BCUT2D eigenvalue weighted by Gasteiger charge is 2.03. The summed E-state index contributed by atoms with van der Waals surface area (Å²) in [7, 11) is 0. The lowest BCUT2D eigenvalue weighted by atomic mass is 10.3. The normalized spacial score (nSPS) is 10.4. The Morgan fingerprint density at radius 2 is 2.29 bits per heavy atom. The van der Waals surface area contributed by atoms with E-state index >= 15 is 0 Å². The van der Waals surface area contributed by atoms with Crippen molar-refractivity contribution >= 4 is 27.0 Å². The van der Waals surface area contributed by atoms with Gasteiger partial charge in [-0.25, -0.2) is 4.98 Å². The van der Waals surface area contributed by atoms with Crippen LogP contribution in [0.25, 0.3) is 11.0 Å². The number of rotatable bonds is 2. The summed E-state index contributed by atoms with van der Waals surface area (Å²) in [6, 6.07) is 3.75. The van der Waals surface area contributed by atoms with Crippen molar-refractivity contribution in [2.75, 3.05) is 6.61 Å². The van der Waals surface area contributed by atoms with Gasteiger partial charge in [0, 0.05) is 22.9 Å². The molecule has 0 aliphatic rings. The third kappa shape index (κ3) is 1.70. The van der Waals surface area contributed by atoms with Gasteiger partial charge in [0.2, 0.25) is 0 Å². The minimum atomic E-state index is 0.636. The summed E-state index contributed by atoms with van der Waals surface area (Å²) in [6.45, 7) is 2.59. The van der Waals surface area contributed by atoms with Gasteiger partial charge < -0.3 is 4.74 Å². The second-order valence-corrected chi connectivity index (χ2v) is 3.68. The average Bonchev–Trinajstić information content (AvgIpc) is 2.18. The topological polar surface area (TPSA) is 35.0 Å². The zero-order chi connectivity index (χ0) is 9.97. The fraction of sp³-hybridized carbons (Fsp3) is 0.200. The van der Waals surface area contributed by atoms with Crippen LogP contribution in [0, 0.1) is 0 Å². The highest BCUT2D eigenvalue weighted by atomic mass is 79.9. The Morgan fingerprint density at radius 1 is 1.43 bits per heavy atom. The molecule has 3 nitrogen and oxygen atoms in total. The molecule has 0 atom stereocenters. The molecule has 0 bridgehead atoms. The van der Waals surface area contributed by atoms with Gasteiger partial charge in [0.05, 0.1) is 12.1 Å². The number of hydrogen-bond donors (Lipinski definition) is 0. The highest BCUT2D eigenvalue weighted by molar-refractivity contribution is 9.10. The van der Waals surface area contributed by atoms with E-state index in [1.807, 2.05) is 19.1 Å². The van der Waals surface area contributed by atoms with Gasteiger partial charge in [-0.05, 0) is 28.9 Å². The predicted molar refractivity (Wildman–Crippen MR) is 58.4 cm³/mol. The highest BCUT2D eigenvalue weighted by Crippen LogP contribution is 2.23. The van der Waals surface area contributed by atoms with Crippen molar-refractivity contribution in [2.24, 2.45) is 0 Å². The molecule has 0 N–H and O–H groups in total. The van der Waals surface area contributed by atoms with E-state index in [9.17, 15) is 0 Å². The van der Waals surface area contributed by atoms with Gasteiger partial charge in [0.15, 0.2) is 0 Å². The Kier molecular flexibility index (Phi) is 2.63. The van der Waals surface area contributed by atoms with E-state index in [4.69, 9.17) is 4.74 Å². The Balaban J connectivity index is 2.62. The minimum Gasteiger partial charge on any atom is -0.491 e. The molecular weight excluding hydrogens is 244 g/mol. The second kappa shape index (κ2) is 3.92. The average molecular weight is 253 g/mol. The zero-order valence-corrected chi connectivity index (χ0v) is 9.28. The largest absolute Gasteiger partial charge is 0.491 e. The maximum absolute atomic E-state index is 5.44. The van der Waals surface area contributed by atoms with Crippen molar-refractivity contribution in [3.63, 3.8) is 0 Å². The van der Waals surface area contributed by atoms with Gasteiger partial charge in [0.25, 0.3) is 0 Å². The van der Waals surface area contributed by atoms with E-state index < -0.39 is 0 Å². The Bertz CT molecular complexity index is 459. The molecule has 0 saturated carbocycles. The van der Waals surface area contributed by atoms with E-state index in [1.165, 1.54) is 0 Å². The third-order valence-corrected chi connectivity index (χ3v) is 2.24. The summed E-state index contributed by atoms with van der Waals surface area (Å²) < 4.78 is 6.36. The first-order valence-corrected chi connectivity index (χ1v) is 5.13. The van der Waals surface area contributed by atoms with Crippen LogP contribution in [0.5, 0.6) is 5.75 Å². The molecule has 14 heavy (non-hydrogen) atoms. The number of pyridine rings is 2. The predicted octanol–water partition coefficient (Wildman–Crippen LogP) is 2.79. The Morgan fingerprint density at radius 3 is 3.07 bits per heavy atom. The molecule has 0 spiro atoms. The number of fused-ring (bicyclic) bond motifs is 1. The van der Waals surface area contributed by atoms with Crippen molar-refractivity contribution in [1.29, 1.82) is 0 Å². The first-order valence-electron chi connectivity index (χ1n) is 4.34. The molecule has 0 saturated heterocycles. The fourth-order valence-electron chi connectivity index (χ4n) is 1.25. The molecule has 0 aliphatic carbocycles. The van der Waals surface area contributed by atoms with E-state index in [2.05, 4.69) is 25.9 Å². The lowest BCUT2D eigenvalue weighted by molar-refractivity contribution is 0.343. The molecule has 2 heterocycles. The quantitative estimate of drug-likeness (QED) is 0.825. The summed E-state index contributed by atoms with van der Waals surface area (Å²) in [5.41, 5.74) is 1.64. The van der Waals surface area contributed by atoms with Gasteiger partial charge in [-0.1, -0.05) is 0 Å². The molecule has 0 fully saturated rings. The van der Waals surface area contributed by atoms with Gasteiger partial charge in [-0.3, -0.25) is 4.98 Å². The van der Waals surface area contributed by atoms with E-state index in [1.54, 1.807) is 12.4 Å². The summed E-state index contributed by atoms with van der Waals surface area (Å²) in [5.74, 6) is 0.782. The van der Waals surface area contributed by atoms with Crippen LogP contribution in [0.15, 0.2) is 29.0 Å². The number of aromatic nitrogens is 2. The number of ether oxygens (including phenoxy) is 1. The van der Waals surface area contributed by atoms with E-state index in [0.29, 0.717) is 6.61 Å². The lowest BCUT2D eigenvalue weighted by Crippen LogP contribution is -1.94. The standard InChI is InChI=1S/C10H9BrN2O/c1-2-14-9-3-4-12-8-5-7(11)6-13-10(8)9/h3-6H,2H2,1H3. The van der Waals surface area contributed by atoms with Crippen molar-refractivity contribution in [3.05, 3.63) is 29.0 Å². The molecule has 0 amide bonds. The first kappa shape index (κ1) is 9.40. The van der Waals surface area contributed by atoms with Gasteiger partial charge in [-0.15, -0.1) is 0 Å². The summed E-state index contributed by atoms with van der Waals surface area (Å²) in [5, 5.41) is 0. The molecule has 2 rings (SSSR count). The van der Waals surface area contributed by atoms with Crippen LogP contribution in [0.1, 0.15) is 6.92 Å². The van der Waals surface area contributed by atoms with Gasteiger partial charge in [0.1, 0.15) is 11.3 Å². The van der Waals surface area contributed by atoms with E-state index in [-0.39, 0.29) is 0 Å². The summed E-state index contributed by atoms with van der Waals surface area (Å²) in [4.78, 5) is 8.48. The third-order valence-electron chi connectivity index (χ3n) is 1.81. The molecule has 0 aliphatic heterocycles.